The summed E-state index contributed by atoms with van der Waals surface area (Å²) in [7, 11) is 1.43. The molecular formula is C20H28N4O3S. The number of ether oxygens (including phenoxy) is 1. The highest BCUT2D eigenvalue weighted by molar-refractivity contribution is 7.89. The van der Waals surface area contributed by atoms with Gasteiger partial charge >= 0.3 is 0 Å². The first-order valence-corrected chi connectivity index (χ1v) is 11.3. The number of aromatic nitrogens is 1. The molecule has 0 saturated carbocycles. The molecule has 1 aromatic heterocycles. The van der Waals surface area contributed by atoms with Crippen LogP contribution in [0.15, 0.2) is 17.0 Å². The molecule has 2 aromatic rings. The largest absolute Gasteiger partial charge is 0.495 e. The number of nitrogens with zero attached hydrogens (tertiary/aromatic N) is 2. The fourth-order valence-corrected chi connectivity index (χ4v) is 5.17. The lowest BCUT2D eigenvalue weighted by Gasteiger charge is -2.31. The summed E-state index contributed by atoms with van der Waals surface area (Å²) in [5, 5.41) is 4.72. The van der Waals surface area contributed by atoms with E-state index in [1.165, 1.54) is 19.7 Å². The van der Waals surface area contributed by atoms with Gasteiger partial charge in [0.2, 0.25) is 10.0 Å². The molecule has 2 N–H and O–H groups in total. The molecular weight excluding hydrogens is 376 g/mol. The first-order valence-electron chi connectivity index (χ1n) is 9.85. The van der Waals surface area contributed by atoms with E-state index >= 15 is 0 Å². The van der Waals surface area contributed by atoms with Crippen molar-refractivity contribution >= 4 is 26.6 Å². The smallest absolute Gasteiger partial charge is 0.244 e. The van der Waals surface area contributed by atoms with Crippen molar-refractivity contribution in [2.24, 2.45) is 0 Å². The predicted molar refractivity (Wildman–Crippen MR) is 111 cm³/mol. The van der Waals surface area contributed by atoms with Crippen LogP contribution in [-0.2, 0) is 22.9 Å². The maximum absolute atomic E-state index is 12.5. The zero-order valence-corrected chi connectivity index (χ0v) is 17.5. The molecule has 1 aliphatic carbocycles. The van der Waals surface area contributed by atoms with Crippen LogP contribution >= 0.6 is 0 Å². The van der Waals surface area contributed by atoms with Crippen LogP contribution in [0.1, 0.15) is 30.5 Å². The van der Waals surface area contributed by atoms with Gasteiger partial charge in [-0.15, -0.1) is 0 Å². The summed E-state index contributed by atoms with van der Waals surface area (Å²) in [5.41, 5.74) is 4.17. The molecule has 0 radical (unpaired) electrons. The van der Waals surface area contributed by atoms with Crippen LogP contribution in [0, 0.1) is 0 Å². The molecule has 2 aliphatic rings. The number of pyridine rings is 1. The van der Waals surface area contributed by atoms with Gasteiger partial charge < -0.3 is 15.0 Å². The van der Waals surface area contributed by atoms with Crippen LogP contribution in [0.3, 0.4) is 0 Å². The molecule has 1 aliphatic heterocycles. The maximum atomic E-state index is 12.5. The molecule has 8 heteroatoms. The fraction of sp³-hybridized carbons (Fsp3) is 0.550. The fourth-order valence-electron chi connectivity index (χ4n) is 4.27. The van der Waals surface area contributed by atoms with Crippen molar-refractivity contribution in [1.82, 2.24) is 14.6 Å². The van der Waals surface area contributed by atoms with E-state index in [1.54, 1.807) is 6.07 Å². The number of fused-ring (bicyclic) bond motifs is 2. The maximum Gasteiger partial charge on any atom is 0.244 e. The third-order valence-corrected chi connectivity index (χ3v) is 7.36. The molecule has 28 heavy (non-hydrogen) atoms. The lowest BCUT2D eigenvalue weighted by molar-refractivity contribution is 0.264. The Kier molecular flexibility index (Phi) is 5.20. The summed E-state index contributed by atoms with van der Waals surface area (Å²) in [6.45, 7) is 2.16. The van der Waals surface area contributed by atoms with Gasteiger partial charge in [-0.3, -0.25) is 4.98 Å². The average molecular weight is 405 g/mol. The molecule has 0 spiro atoms. The van der Waals surface area contributed by atoms with Gasteiger partial charge in [0.25, 0.3) is 0 Å². The van der Waals surface area contributed by atoms with E-state index in [1.807, 2.05) is 6.07 Å². The number of piperidine rings is 1. The molecule has 2 heterocycles. The second-order valence-electron chi connectivity index (χ2n) is 7.72. The van der Waals surface area contributed by atoms with E-state index < -0.39 is 10.0 Å². The number of rotatable bonds is 5. The molecule has 1 saturated heterocycles. The van der Waals surface area contributed by atoms with Gasteiger partial charge in [0.1, 0.15) is 10.6 Å². The summed E-state index contributed by atoms with van der Waals surface area (Å²) in [5.74, 6) is 0.341. The highest BCUT2D eigenvalue weighted by Gasteiger charge is 2.26. The summed E-state index contributed by atoms with van der Waals surface area (Å²) in [6, 6.07) is 3.87. The van der Waals surface area contributed by atoms with Crippen LogP contribution in [0.5, 0.6) is 5.75 Å². The van der Waals surface area contributed by atoms with Crippen molar-refractivity contribution in [3.63, 3.8) is 0 Å². The minimum absolute atomic E-state index is 0.126. The Labute approximate surface area is 166 Å². The van der Waals surface area contributed by atoms with Gasteiger partial charge in [-0.25, -0.2) is 13.1 Å². The topological polar surface area (TPSA) is 83.6 Å². The number of hydrogen-bond acceptors (Lipinski definition) is 6. The second kappa shape index (κ2) is 7.50. The number of aryl methyl sites for hydroxylation is 1. The van der Waals surface area contributed by atoms with Gasteiger partial charge in [0.15, 0.2) is 0 Å². The zero-order chi connectivity index (χ0) is 19.9. The first-order chi connectivity index (χ1) is 13.4. The van der Waals surface area contributed by atoms with Crippen molar-refractivity contribution in [2.45, 2.75) is 43.0 Å². The number of benzene rings is 1. The highest BCUT2D eigenvalue weighted by atomic mass is 32.2. The average Bonchev–Trinajstić information content (AvgIpc) is 3.16. The van der Waals surface area contributed by atoms with Gasteiger partial charge in [-0.1, -0.05) is 0 Å². The Morgan fingerprint density at radius 1 is 1.21 bits per heavy atom. The number of methoxy groups -OCH3 is 1. The van der Waals surface area contributed by atoms with Crippen LogP contribution < -0.4 is 14.8 Å². The van der Waals surface area contributed by atoms with Crippen molar-refractivity contribution in [2.75, 3.05) is 39.6 Å². The van der Waals surface area contributed by atoms with Gasteiger partial charge in [-0.2, -0.15) is 0 Å². The summed E-state index contributed by atoms with van der Waals surface area (Å²) in [4.78, 5) is 7.29. The monoisotopic (exact) mass is 404 g/mol. The molecule has 0 bridgehead atoms. The number of hydrogen-bond donors (Lipinski definition) is 2. The normalized spacial score (nSPS) is 18.4. The number of nitrogens with one attached hydrogen (secondary N) is 2. The minimum atomic E-state index is -3.63. The van der Waals surface area contributed by atoms with Gasteiger partial charge in [0, 0.05) is 22.8 Å². The standard InChI is InChI=1S/C20H28N4O3S/c1-21-28(25,26)19-12-17-15(11-18(19)27-3)20(14-5-4-6-16(14)23-17)22-13-7-9-24(2)10-8-13/h11-13,21H,4-10H2,1-3H3,(H,22,23). The minimum Gasteiger partial charge on any atom is -0.495 e. The Morgan fingerprint density at radius 3 is 2.64 bits per heavy atom. The molecule has 7 nitrogen and oxygen atoms in total. The third-order valence-electron chi connectivity index (χ3n) is 5.92. The highest BCUT2D eigenvalue weighted by Crippen LogP contribution is 2.39. The number of likely N-dealkylation sites (tertiary alicyclic amines) is 1. The Hall–Kier alpha value is -1.90. The summed E-state index contributed by atoms with van der Waals surface area (Å²) in [6.07, 6.45) is 5.22. The van der Waals surface area contributed by atoms with E-state index in [4.69, 9.17) is 9.72 Å². The van der Waals surface area contributed by atoms with E-state index in [0.717, 1.165) is 62.0 Å². The van der Waals surface area contributed by atoms with Crippen LogP contribution in [0.2, 0.25) is 0 Å². The quantitative estimate of drug-likeness (QED) is 0.795. The van der Waals surface area contributed by atoms with Crippen molar-refractivity contribution in [3.05, 3.63) is 23.4 Å². The van der Waals surface area contributed by atoms with Gasteiger partial charge in [0.05, 0.1) is 12.6 Å². The molecule has 1 aromatic carbocycles. The SMILES string of the molecule is CNS(=O)(=O)c1cc2nc3c(c(NC4CCN(C)CC4)c2cc1OC)CCC3. The molecule has 152 valence electrons. The molecule has 0 amide bonds. The van der Waals surface area contributed by atoms with E-state index in [-0.39, 0.29) is 4.90 Å². The Balaban J connectivity index is 1.85. The van der Waals surface area contributed by atoms with Crippen molar-refractivity contribution in [1.29, 1.82) is 0 Å². The lowest BCUT2D eigenvalue weighted by Crippen LogP contribution is -2.37. The summed E-state index contributed by atoms with van der Waals surface area (Å²) < 4.78 is 32.7. The molecule has 0 unspecified atom stereocenters. The number of anilines is 1. The predicted octanol–water partition coefficient (Wildman–Crippen LogP) is 2.15. The van der Waals surface area contributed by atoms with Crippen LogP contribution in [0.4, 0.5) is 5.69 Å². The second-order valence-corrected chi connectivity index (χ2v) is 9.57. The summed E-state index contributed by atoms with van der Waals surface area (Å²) >= 11 is 0. The van der Waals surface area contributed by atoms with Crippen LogP contribution in [-0.4, -0.2) is 58.6 Å². The lowest BCUT2D eigenvalue weighted by atomic mass is 10.0. The molecule has 1 fully saturated rings. The molecule has 4 rings (SSSR count). The third kappa shape index (κ3) is 3.44. The van der Waals surface area contributed by atoms with E-state index in [0.29, 0.717) is 17.3 Å². The Bertz CT molecular complexity index is 998. The van der Waals surface area contributed by atoms with Crippen LogP contribution in [0.25, 0.3) is 10.9 Å². The molecule has 0 atom stereocenters. The van der Waals surface area contributed by atoms with E-state index in [9.17, 15) is 8.42 Å². The zero-order valence-electron chi connectivity index (χ0n) is 16.7. The first kappa shape index (κ1) is 19.4. The van der Waals surface area contributed by atoms with Crippen molar-refractivity contribution < 1.29 is 13.2 Å². The van der Waals surface area contributed by atoms with Crippen molar-refractivity contribution in [3.8, 4) is 5.75 Å². The Morgan fingerprint density at radius 2 is 1.96 bits per heavy atom. The van der Waals surface area contributed by atoms with E-state index in [2.05, 4.69) is 22.0 Å². The van der Waals surface area contributed by atoms with Gasteiger partial charge in [-0.05, 0) is 77.0 Å². The number of sulfonamides is 1.